The summed E-state index contributed by atoms with van der Waals surface area (Å²) in [7, 11) is 1.64. The van der Waals surface area contributed by atoms with E-state index in [0.717, 1.165) is 24.3 Å². The highest BCUT2D eigenvalue weighted by Gasteiger charge is 2.23. The molecule has 0 aromatic heterocycles. The van der Waals surface area contributed by atoms with Crippen molar-refractivity contribution >= 4 is 18.3 Å². The van der Waals surface area contributed by atoms with Crippen molar-refractivity contribution in [2.45, 2.75) is 25.6 Å². The van der Waals surface area contributed by atoms with E-state index in [4.69, 9.17) is 4.74 Å². The zero-order valence-corrected chi connectivity index (χ0v) is 13.9. The fourth-order valence-electron chi connectivity index (χ4n) is 2.70. The van der Waals surface area contributed by atoms with Crippen LogP contribution in [0.1, 0.15) is 16.7 Å². The third-order valence-corrected chi connectivity index (χ3v) is 4.02. The lowest BCUT2D eigenvalue weighted by atomic mass is 9.95. The summed E-state index contributed by atoms with van der Waals surface area (Å²) in [5.41, 5.74) is 3.60. The Kier molecular flexibility index (Phi) is 6.02. The first-order valence-corrected chi connectivity index (χ1v) is 7.47. The molecule has 122 valence electrons. The van der Waals surface area contributed by atoms with Crippen LogP contribution in [0.5, 0.6) is 5.75 Å². The first-order valence-electron chi connectivity index (χ1n) is 7.47. The summed E-state index contributed by atoms with van der Waals surface area (Å²) >= 11 is 0. The molecule has 23 heavy (non-hydrogen) atoms. The van der Waals surface area contributed by atoms with Crippen molar-refractivity contribution in [2.75, 3.05) is 7.11 Å². The zero-order valence-electron chi connectivity index (χ0n) is 13.0. The Hall–Kier alpha value is -2.04. The molecule has 2 aromatic carbocycles. The Bertz CT molecular complexity index is 658. The van der Waals surface area contributed by atoms with Gasteiger partial charge in [-0.1, -0.05) is 36.4 Å². The highest BCUT2D eigenvalue weighted by Crippen LogP contribution is 2.16. The molecule has 0 unspecified atom stereocenters. The van der Waals surface area contributed by atoms with Gasteiger partial charge in [0.05, 0.1) is 13.2 Å². The first kappa shape index (κ1) is 17.3. The molecule has 0 fully saturated rings. The Morgan fingerprint density at radius 2 is 1.87 bits per heavy atom. The summed E-state index contributed by atoms with van der Waals surface area (Å²) in [5.74, 6) is 0.867. The smallest absolute Gasteiger partial charge is 0.237 e. The molecule has 0 saturated carbocycles. The summed E-state index contributed by atoms with van der Waals surface area (Å²) in [5, 5.41) is 6.29. The van der Waals surface area contributed by atoms with Crippen LogP contribution in [0.4, 0.5) is 0 Å². The van der Waals surface area contributed by atoms with E-state index in [-0.39, 0.29) is 24.4 Å². The van der Waals surface area contributed by atoms with E-state index >= 15 is 0 Å². The number of hydrogen-bond acceptors (Lipinski definition) is 3. The summed E-state index contributed by atoms with van der Waals surface area (Å²) in [6, 6.07) is 15.8. The van der Waals surface area contributed by atoms with Crippen LogP contribution in [0.15, 0.2) is 48.5 Å². The lowest BCUT2D eigenvalue weighted by molar-refractivity contribution is -0.123. The lowest BCUT2D eigenvalue weighted by Gasteiger charge is -2.25. The highest BCUT2D eigenvalue weighted by molar-refractivity contribution is 5.85. The number of amides is 1. The second-order valence-corrected chi connectivity index (χ2v) is 5.47. The molecule has 1 aliphatic heterocycles. The second-order valence-electron chi connectivity index (χ2n) is 5.47. The average molecular weight is 333 g/mol. The molecule has 0 radical (unpaired) electrons. The summed E-state index contributed by atoms with van der Waals surface area (Å²) in [6.45, 7) is 1.28. The van der Waals surface area contributed by atoms with Crippen molar-refractivity contribution in [2.24, 2.45) is 0 Å². The van der Waals surface area contributed by atoms with Gasteiger partial charge in [0.25, 0.3) is 0 Å². The van der Waals surface area contributed by atoms with E-state index in [1.165, 1.54) is 11.1 Å². The normalized spacial score (nSPS) is 16.0. The number of benzene rings is 2. The van der Waals surface area contributed by atoms with E-state index in [1.807, 2.05) is 36.4 Å². The number of hydrogen-bond donors (Lipinski definition) is 2. The average Bonchev–Trinajstić information content (AvgIpc) is 2.59. The number of carbonyl (C=O) groups excluding carboxylic acids is 1. The van der Waals surface area contributed by atoms with E-state index in [9.17, 15) is 4.79 Å². The van der Waals surface area contributed by atoms with Crippen molar-refractivity contribution in [3.63, 3.8) is 0 Å². The van der Waals surface area contributed by atoms with Crippen molar-refractivity contribution in [3.8, 4) is 5.75 Å². The van der Waals surface area contributed by atoms with Gasteiger partial charge in [0.1, 0.15) is 5.75 Å². The van der Waals surface area contributed by atoms with Crippen LogP contribution in [0.3, 0.4) is 0 Å². The molecule has 2 aromatic rings. The topological polar surface area (TPSA) is 50.4 Å². The Morgan fingerprint density at radius 1 is 1.17 bits per heavy atom. The van der Waals surface area contributed by atoms with Crippen LogP contribution < -0.4 is 15.4 Å². The molecular formula is C18H21ClN2O2. The first-order chi connectivity index (χ1) is 10.8. The maximum atomic E-state index is 12.3. The molecule has 2 N–H and O–H groups in total. The number of carbonyl (C=O) groups is 1. The third-order valence-electron chi connectivity index (χ3n) is 4.02. The molecule has 0 saturated heterocycles. The molecule has 3 rings (SSSR count). The lowest BCUT2D eigenvalue weighted by Crippen LogP contribution is -2.47. The van der Waals surface area contributed by atoms with Crippen molar-refractivity contribution < 1.29 is 9.53 Å². The zero-order chi connectivity index (χ0) is 15.4. The predicted molar refractivity (Wildman–Crippen MR) is 92.9 cm³/mol. The maximum Gasteiger partial charge on any atom is 0.237 e. The van der Waals surface area contributed by atoms with Crippen molar-refractivity contribution in [1.82, 2.24) is 10.6 Å². The van der Waals surface area contributed by atoms with Gasteiger partial charge in [0.2, 0.25) is 5.91 Å². The van der Waals surface area contributed by atoms with Gasteiger partial charge >= 0.3 is 0 Å². The molecule has 0 aliphatic carbocycles. The van der Waals surface area contributed by atoms with Gasteiger partial charge in [0.15, 0.2) is 0 Å². The molecule has 0 spiro atoms. The minimum atomic E-state index is -0.159. The fraction of sp³-hybridized carbons (Fsp3) is 0.278. The van der Waals surface area contributed by atoms with Crippen molar-refractivity contribution in [1.29, 1.82) is 0 Å². The minimum absolute atomic E-state index is 0. The maximum absolute atomic E-state index is 12.3. The molecule has 1 heterocycles. The largest absolute Gasteiger partial charge is 0.497 e. The monoisotopic (exact) mass is 332 g/mol. The molecule has 5 heteroatoms. The third kappa shape index (κ3) is 4.24. The van der Waals surface area contributed by atoms with Crippen LogP contribution in [-0.2, 0) is 24.3 Å². The summed E-state index contributed by atoms with van der Waals surface area (Å²) in [6.07, 6.45) is 0.741. The molecule has 1 atom stereocenters. The Balaban J connectivity index is 0.00000192. The standard InChI is InChI=1S/C18H20N2O2.ClH/c1-22-16-8-6-13(7-9-16)11-20-18(21)17-10-14-4-2-3-5-15(14)12-19-17;/h2-9,17,19H,10-12H2,1H3,(H,20,21);1H/t17-;/m0./s1. The number of ether oxygens (including phenoxy) is 1. The quantitative estimate of drug-likeness (QED) is 0.904. The molecule has 1 amide bonds. The number of halogens is 1. The molecule has 0 bridgehead atoms. The van der Waals surface area contributed by atoms with Crippen LogP contribution in [-0.4, -0.2) is 19.1 Å². The number of rotatable bonds is 4. The number of nitrogens with one attached hydrogen (secondary N) is 2. The van der Waals surface area contributed by atoms with E-state index in [0.29, 0.717) is 6.54 Å². The molecule has 1 aliphatic rings. The molecule has 4 nitrogen and oxygen atoms in total. The van der Waals surface area contributed by atoms with Crippen LogP contribution in [0.25, 0.3) is 0 Å². The van der Waals surface area contributed by atoms with Crippen LogP contribution in [0, 0.1) is 0 Å². The van der Waals surface area contributed by atoms with Gasteiger partial charge in [-0.2, -0.15) is 0 Å². The minimum Gasteiger partial charge on any atom is -0.497 e. The fourth-order valence-corrected chi connectivity index (χ4v) is 2.70. The summed E-state index contributed by atoms with van der Waals surface area (Å²) in [4.78, 5) is 12.3. The van der Waals surface area contributed by atoms with Gasteiger partial charge in [0, 0.05) is 13.1 Å². The van der Waals surface area contributed by atoms with E-state index in [1.54, 1.807) is 7.11 Å². The molecular weight excluding hydrogens is 312 g/mol. The Morgan fingerprint density at radius 3 is 2.57 bits per heavy atom. The van der Waals surface area contributed by atoms with Crippen molar-refractivity contribution in [3.05, 3.63) is 65.2 Å². The number of fused-ring (bicyclic) bond motifs is 1. The van der Waals surface area contributed by atoms with Gasteiger partial charge in [-0.15, -0.1) is 12.4 Å². The van der Waals surface area contributed by atoms with E-state index in [2.05, 4.69) is 22.8 Å². The second kappa shape index (κ2) is 7.99. The van der Waals surface area contributed by atoms with Gasteiger partial charge < -0.3 is 15.4 Å². The number of methoxy groups -OCH3 is 1. The van der Waals surface area contributed by atoms with Gasteiger partial charge in [-0.25, -0.2) is 0 Å². The van der Waals surface area contributed by atoms with Crippen LogP contribution >= 0.6 is 12.4 Å². The summed E-state index contributed by atoms with van der Waals surface area (Å²) < 4.78 is 5.13. The Labute approximate surface area is 142 Å². The highest BCUT2D eigenvalue weighted by atomic mass is 35.5. The SMILES string of the molecule is COc1ccc(CNC(=O)[C@@H]2Cc3ccccc3CN2)cc1.Cl. The van der Waals surface area contributed by atoms with Gasteiger partial charge in [-0.3, -0.25) is 4.79 Å². The predicted octanol–water partition coefficient (Wildman–Crippen LogP) is 2.45. The van der Waals surface area contributed by atoms with E-state index < -0.39 is 0 Å². The van der Waals surface area contributed by atoms with Crippen LogP contribution in [0.2, 0.25) is 0 Å². The van der Waals surface area contributed by atoms with Gasteiger partial charge in [-0.05, 0) is 35.2 Å².